The lowest BCUT2D eigenvalue weighted by atomic mass is 9.91. The quantitative estimate of drug-likeness (QED) is 0.109. The zero-order valence-electron chi connectivity index (χ0n) is 64.8. The van der Waals surface area contributed by atoms with Gasteiger partial charge in [-0.05, 0) is 115 Å². The molecule has 0 aromatic rings. The number of likely N-dealkylation sites (N-methyl/N-ethyl adjacent to an activating group) is 7. The van der Waals surface area contributed by atoms with Crippen LogP contribution in [0.4, 0.5) is 0 Å². The molecule has 2 heterocycles. The highest BCUT2D eigenvalue weighted by atomic mass is 32.2. The van der Waals surface area contributed by atoms with Crippen molar-refractivity contribution in [3.05, 3.63) is 12.2 Å². The lowest BCUT2D eigenvalue weighted by Gasteiger charge is -2.42. The van der Waals surface area contributed by atoms with Gasteiger partial charge >= 0.3 is 0 Å². The number of aliphatic hydroxyl groups is 1. The molecule has 0 spiro atoms. The van der Waals surface area contributed by atoms with Crippen LogP contribution in [0.2, 0.25) is 0 Å². The maximum Gasteiger partial charge on any atom is 0.246 e. The Morgan fingerprint density at radius 2 is 0.899 bits per heavy atom. The van der Waals surface area contributed by atoms with Crippen molar-refractivity contribution in [3.63, 3.8) is 0 Å². The normalized spacial score (nSPS) is 27.0. The highest BCUT2D eigenvalue weighted by molar-refractivity contribution is 7.92. The summed E-state index contributed by atoms with van der Waals surface area (Å²) in [6.07, 6.45) is 2.31. The monoisotopic (exact) mass is 1420 g/mol. The number of morpholine rings is 1. The standard InChI is InChI=1S/C71H128N12O15S/c1-27-29-30-47(15)59(84)58-63(88)74-50(28-2)65(90)80(24)55(39-99(96,97)71(18,19)40-83-31-33-98-34-32-83)68(93)76(20)52(36-42(5)6)62(87)75-56(45(11)12)69(94)77(21)51(35-41(3)4)61(86)72-48(16)60(85)73-49(17)64(89)78(22)53(37-43(7)8)66(91)79(23)54(38-44(9)10)67(92)81(25)57(46(13)14)70(95)82(58)26/h27,29,41-59,84H,28,30-40H2,1-26H3,(H,72,86)(H,73,85)(H,74,88)(H,75,87)/t47-,48-,49+,50-,51-,52+,53-,54-,55-,56-,57-,58-,59-/m1/s1. The van der Waals surface area contributed by atoms with Gasteiger partial charge in [0.1, 0.15) is 66.5 Å². The number of carbonyl (C=O) groups excluding carboxylic acids is 11. The third kappa shape index (κ3) is 24.2. The Morgan fingerprint density at radius 3 is 1.35 bits per heavy atom. The molecule has 2 saturated heterocycles. The van der Waals surface area contributed by atoms with Gasteiger partial charge in [0.25, 0.3) is 0 Å². The van der Waals surface area contributed by atoms with Gasteiger partial charge in [0.05, 0.1) is 29.8 Å². The fraction of sp³-hybridized carbons (Fsp3) is 0.817. The second-order valence-electron chi connectivity index (χ2n) is 30.7. The third-order valence-corrected chi connectivity index (χ3v) is 21.9. The van der Waals surface area contributed by atoms with Gasteiger partial charge in [0.2, 0.25) is 65.0 Å². The summed E-state index contributed by atoms with van der Waals surface area (Å²) >= 11 is 0. The fourth-order valence-electron chi connectivity index (χ4n) is 12.8. The number of sulfone groups is 1. The molecule has 28 heteroatoms. The molecule has 13 atom stereocenters. The second-order valence-corrected chi connectivity index (χ2v) is 33.4. The van der Waals surface area contributed by atoms with Crippen molar-refractivity contribution in [3.8, 4) is 0 Å². The van der Waals surface area contributed by atoms with Crippen LogP contribution in [-0.2, 0) is 67.3 Å². The molecule has 2 aliphatic heterocycles. The summed E-state index contributed by atoms with van der Waals surface area (Å²) in [6, 6.07) is -15.4. The van der Waals surface area contributed by atoms with Gasteiger partial charge in [-0.3, -0.25) is 57.6 Å². The van der Waals surface area contributed by atoms with E-state index in [9.17, 15) is 24.3 Å². The number of amides is 11. The number of nitrogens with zero attached hydrogens (tertiary/aromatic N) is 8. The highest BCUT2D eigenvalue weighted by Gasteiger charge is 2.48. The van der Waals surface area contributed by atoms with Crippen molar-refractivity contribution in [1.29, 1.82) is 0 Å². The molecule has 0 aromatic heterocycles. The fourth-order valence-corrected chi connectivity index (χ4v) is 14.4. The zero-order valence-corrected chi connectivity index (χ0v) is 65.6. The molecule has 2 rings (SSSR count). The van der Waals surface area contributed by atoms with Gasteiger partial charge in [0.15, 0.2) is 9.84 Å². The van der Waals surface area contributed by atoms with Gasteiger partial charge in [0, 0.05) is 69.0 Å². The lowest BCUT2D eigenvalue weighted by Crippen LogP contribution is -2.64. The lowest BCUT2D eigenvalue weighted by molar-refractivity contribution is -0.157. The van der Waals surface area contributed by atoms with E-state index in [2.05, 4.69) is 21.3 Å². The Bertz CT molecular complexity index is 2900. The molecule has 0 saturated carbocycles. The van der Waals surface area contributed by atoms with Crippen LogP contribution in [0.5, 0.6) is 0 Å². The van der Waals surface area contributed by atoms with Crippen LogP contribution in [-0.4, -0.2) is 283 Å². The Morgan fingerprint density at radius 1 is 0.495 bits per heavy atom. The molecule has 568 valence electrons. The first-order chi connectivity index (χ1) is 45.6. The summed E-state index contributed by atoms with van der Waals surface area (Å²) in [5.41, 5.74) is 0. The molecule has 27 nitrogen and oxygen atoms in total. The van der Waals surface area contributed by atoms with Crippen LogP contribution >= 0.6 is 0 Å². The summed E-state index contributed by atoms with van der Waals surface area (Å²) in [6.45, 7) is 34.0. The minimum atomic E-state index is -4.42. The minimum absolute atomic E-state index is 0.0225. The van der Waals surface area contributed by atoms with Gasteiger partial charge in [-0.1, -0.05) is 109 Å². The van der Waals surface area contributed by atoms with Crippen LogP contribution < -0.4 is 21.3 Å². The predicted molar refractivity (Wildman–Crippen MR) is 382 cm³/mol. The predicted octanol–water partition coefficient (Wildman–Crippen LogP) is 3.16. The Kier molecular flexibility index (Phi) is 35.2. The number of allylic oxidation sites excluding steroid dienone is 2. The first kappa shape index (κ1) is 88.8. The van der Waals surface area contributed by atoms with E-state index in [-0.39, 0.29) is 68.7 Å². The van der Waals surface area contributed by atoms with Crippen LogP contribution in [0, 0.1) is 41.4 Å². The summed E-state index contributed by atoms with van der Waals surface area (Å²) in [5, 5.41) is 23.3. The van der Waals surface area contributed by atoms with E-state index in [4.69, 9.17) is 4.74 Å². The first-order valence-corrected chi connectivity index (χ1v) is 37.2. The summed E-state index contributed by atoms with van der Waals surface area (Å²) < 4.78 is 34.2. The van der Waals surface area contributed by atoms with Crippen LogP contribution in [0.25, 0.3) is 0 Å². The zero-order chi connectivity index (χ0) is 76.4. The van der Waals surface area contributed by atoms with Crippen molar-refractivity contribution in [1.82, 2.24) is 60.5 Å². The molecule has 0 unspecified atom stereocenters. The minimum Gasteiger partial charge on any atom is -0.390 e. The van der Waals surface area contributed by atoms with E-state index >= 15 is 42.0 Å². The van der Waals surface area contributed by atoms with Crippen molar-refractivity contribution >= 4 is 74.8 Å². The SMILES string of the molecule is CC=CC[C@@H](C)[C@@H](O)[C@@H]1C(=O)N[C@H](CC)C(=O)N(C)[C@H](CS(=O)(=O)C(C)(C)CN2CCOCC2)C(=O)N(C)[C@@H](CC(C)C)C(=O)N[C@H](C(C)C)C(=O)N(C)[C@H](CC(C)C)C(=O)N[C@H](C)C(=O)N[C@@H](C)C(=O)N(C)[C@H](CC(C)C)C(=O)N(C)[C@H](CC(C)C)C(=O)N(C)[C@H](C(C)C)C(=O)N1C. The van der Waals surface area contributed by atoms with Crippen LogP contribution in [0.15, 0.2) is 12.2 Å². The van der Waals surface area contributed by atoms with Gasteiger partial charge in [-0.25, -0.2) is 8.42 Å². The number of nitrogens with one attached hydrogen (secondary N) is 4. The summed E-state index contributed by atoms with van der Waals surface area (Å²) in [7, 11) is 5.10. The van der Waals surface area contributed by atoms with Gasteiger partial charge in [-0.15, -0.1) is 0 Å². The van der Waals surface area contributed by atoms with E-state index in [0.29, 0.717) is 26.3 Å². The van der Waals surface area contributed by atoms with Crippen LogP contribution in [0.1, 0.15) is 170 Å². The van der Waals surface area contributed by atoms with Crippen LogP contribution in [0.3, 0.4) is 0 Å². The van der Waals surface area contributed by atoms with E-state index in [1.54, 1.807) is 74.5 Å². The van der Waals surface area contributed by atoms with E-state index < -0.39 is 176 Å². The van der Waals surface area contributed by atoms with E-state index in [0.717, 1.165) is 14.7 Å². The third-order valence-electron chi connectivity index (χ3n) is 19.3. The number of ether oxygens (including phenoxy) is 1. The van der Waals surface area contributed by atoms with E-state index in [1.807, 2.05) is 46.4 Å². The smallest absolute Gasteiger partial charge is 0.246 e. The summed E-state index contributed by atoms with van der Waals surface area (Å²) in [4.78, 5) is 175. The van der Waals surface area contributed by atoms with Gasteiger partial charge < -0.3 is 65.4 Å². The average Bonchev–Trinajstić information content (AvgIpc) is 0.800. The van der Waals surface area contributed by atoms with Crippen molar-refractivity contribution in [2.75, 3.05) is 87.9 Å². The molecule has 11 amide bonds. The molecule has 0 aromatic carbocycles. The number of hydrogen-bond acceptors (Lipinski definition) is 16. The molecule has 99 heavy (non-hydrogen) atoms. The molecular weight excluding hydrogens is 1290 g/mol. The highest BCUT2D eigenvalue weighted by Crippen LogP contribution is 2.28. The Hall–Kier alpha value is -6.26. The van der Waals surface area contributed by atoms with Crippen molar-refractivity contribution < 1.29 is 71.0 Å². The molecular formula is C71H128N12O15S. The number of aliphatic hydroxyl groups excluding tert-OH is 1. The maximum atomic E-state index is 15.7. The number of rotatable bonds is 20. The molecule has 0 bridgehead atoms. The molecule has 2 aliphatic rings. The summed E-state index contributed by atoms with van der Waals surface area (Å²) in [5.74, 6) is -12.4. The molecule has 5 N–H and O–H groups in total. The Labute approximate surface area is 592 Å². The largest absolute Gasteiger partial charge is 0.390 e. The maximum absolute atomic E-state index is 15.7. The van der Waals surface area contributed by atoms with Gasteiger partial charge in [-0.2, -0.15) is 0 Å². The first-order valence-electron chi connectivity index (χ1n) is 35.6. The topological polar surface area (TPSA) is 325 Å². The number of hydrogen-bond donors (Lipinski definition) is 5. The molecule has 0 radical (unpaired) electrons. The van der Waals surface area contributed by atoms with E-state index in [1.165, 1.54) is 96.6 Å². The molecule has 0 aliphatic carbocycles. The average molecular weight is 1420 g/mol. The molecule has 2 fully saturated rings. The van der Waals surface area contributed by atoms with Crippen molar-refractivity contribution in [2.45, 2.75) is 247 Å². The Balaban J connectivity index is 3.21. The number of carbonyl (C=O) groups is 11. The van der Waals surface area contributed by atoms with Crippen molar-refractivity contribution in [2.24, 2.45) is 41.4 Å². The second kappa shape index (κ2) is 39.2.